The summed E-state index contributed by atoms with van der Waals surface area (Å²) in [6, 6.07) is 10.4. The van der Waals surface area contributed by atoms with Gasteiger partial charge in [-0.3, -0.25) is 4.79 Å². The molecule has 2 aliphatic rings. The Kier molecular flexibility index (Phi) is 6.24. The fourth-order valence-electron chi connectivity index (χ4n) is 3.51. The van der Waals surface area contributed by atoms with Crippen molar-refractivity contribution in [1.29, 1.82) is 0 Å². The van der Waals surface area contributed by atoms with Gasteiger partial charge in [0.15, 0.2) is 0 Å². The first-order chi connectivity index (χ1) is 10.3. The monoisotopic (exact) mass is 324 g/mol. The third-order valence-electron chi connectivity index (χ3n) is 4.79. The summed E-state index contributed by atoms with van der Waals surface area (Å²) in [5.41, 5.74) is 7.26. The summed E-state index contributed by atoms with van der Waals surface area (Å²) in [6.45, 7) is 1.90. The molecule has 1 aromatic rings. The van der Waals surface area contributed by atoms with Crippen molar-refractivity contribution < 1.29 is 9.53 Å². The summed E-state index contributed by atoms with van der Waals surface area (Å²) in [7, 11) is 0. The van der Waals surface area contributed by atoms with E-state index in [0.717, 1.165) is 24.8 Å². The fraction of sp³-hybridized carbons (Fsp3) is 0.588. The van der Waals surface area contributed by atoms with Gasteiger partial charge < -0.3 is 15.4 Å². The zero-order chi connectivity index (χ0) is 14.7. The van der Waals surface area contributed by atoms with Crippen LogP contribution in [0, 0.1) is 5.92 Å². The van der Waals surface area contributed by atoms with Crippen LogP contribution < -0.4 is 5.73 Å². The maximum Gasteiger partial charge on any atom is 0.223 e. The molecule has 1 saturated carbocycles. The maximum absolute atomic E-state index is 12.7. The Morgan fingerprint density at radius 1 is 1.27 bits per heavy atom. The van der Waals surface area contributed by atoms with Crippen molar-refractivity contribution in [3.8, 4) is 0 Å². The molecule has 1 unspecified atom stereocenters. The Labute approximate surface area is 138 Å². The molecule has 1 aliphatic heterocycles. The Hall–Kier alpha value is -1.10. The Morgan fingerprint density at radius 2 is 2.05 bits per heavy atom. The minimum absolute atomic E-state index is 0. The average molecular weight is 325 g/mol. The van der Waals surface area contributed by atoms with Crippen LogP contribution >= 0.6 is 12.4 Å². The van der Waals surface area contributed by atoms with Crippen LogP contribution in [0.1, 0.15) is 37.3 Å². The number of carbonyl (C=O) groups is 1. The van der Waals surface area contributed by atoms with Gasteiger partial charge in [0.2, 0.25) is 5.91 Å². The number of ether oxygens (including phenoxy) is 1. The number of morpholine rings is 1. The lowest BCUT2D eigenvalue weighted by molar-refractivity contribution is -0.141. The average Bonchev–Trinajstić information content (AvgIpc) is 2.93. The van der Waals surface area contributed by atoms with Crippen LogP contribution in [0.2, 0.25) is 0 Å². The number of benzene rings is 1. The summed E-state index contributed by atoms with van der Waals surface area (Å²) >= 11 is 0. The van der Waals surface area contributed by atoms with E-state index in [4.69, 9.17) is 10.5 Å². The third kappa shape index (κ3) is 3.80. The van der Waals surface area contributed by atoms with Crippen LogP contribution in [0.15, 0.2) is 30.3 Å². The minimum atomic E-state index is 0. The van der Waals surface area contributed by atoms with E-state index in [1.165, 1.54) is 0 Å². The second-order valence-electron chi connectivity index (χ2n) is 6.15. The molecule has 0 bridgehead atoms. The second-order valence-corrected chi connectivity index (χ2v) is 6.15. The van der Waals surface area contributed by atoms with E-state index >= 15 is 0 Å². The SMILES string of the molecule is Cl.N[C@@H]1CCC[C@H]1CC(=O)N1CCOCC1c1ccccc1. The van der Waals surface area contributed by atoms with Crippen LogP contribution in [0.3, 0.4) is 0 Å². The predicted octanol–water partition coefficient (Wildman–Crippen LogP) is 2.53. The van der Waals surface area contributed by atoms with Gasteiger partial charge in [0.25, 0.3) is 0 Å². The molecule has 1 aliphatic carbocycles. The van der Waals surface area contributed by atoms with E-state index in [-0.39, 0.29) is 30.4 Å². The van der Waals surface area contributed by atoms with Crippen molar-refractivity contribution in [2.45, 2.75) is 37.8 Å². The highest BCUT2D eigenvalue weighted by Crippen LogP contribution is 2.30. The number of hydrogen-bond donors (Lipinski definition) is 1. The number of carbonyl (C=O) groups excluding carboxylic acids is 1. The van der Waals surface area contributed by atoms with Crippen molar-refractivity contribution in [3.63, 3.8) is 0 Å². The first-order valence-electron chi connectivity index (χ1n) is 7.93. The van der Waals surface area contributed by atoms with Gasteiger partial charge in [0, 0.05) is 19.0 Å². The third-order valence-corrected chi connectivity index (χ3v) is 4.79. The topological polar surface area (TPSA) is 55.6 Å². The summed E-state index contributed by atoms with van der Waals surface area (Å²) in [5.74, 6) is 0.589. The van der Waals surface area contributed by atoms with Gasteiger partial charge in [0.1, 0.15) is 0 Å². The van der Waals surface area contributed by atoms with Gasteiger partial charge in [-0.05, 0) is 24.3 Å². The number of nitrogens with zero attached hydrogens (tertiary/aromatic N) is 1. The molecule has 1 amide bonds. The number of rotatable bonds is 3. The molecule has 122 valence electrons. The number of amides is 1. The van der Waals surface area contributed by atoms with Gasteiger partial charge in [-0.2, -0.15) is 0 Å². The molecule has 2 fully saturated rings. The van der Waals surface area contributed by atoms with Gasteiger partial charge in [0.05, 0.1) is 19.3 Å². The highest BCUT2D eigenvalue weighted by atomic mass is 35.5. The second kappa shape index (κ2) is 7.95. The van der Waals surface area contributed by atoms with Crippen molar-refractivity contribution in [2.75, 3.05) is 19.8 Å². The molecular formula is C17H25ClN2O2. The molecule has 2 N–H and O–H groups in total. The Balaban J connectivity index is 0.00000176. The van der Waals surface area contributed by atoms with E-state index in [1.54, 1.807) is 0 Å². The normalized spacial score (nSPS) is 28.2. The molecule has 22 heavy (non-hydrogen) atoms. The van der Waals surface area contributed by atoms with E-state index in [1.807, 2.05) is 23.1 Å². The zero-order valence-electron chi connectivity index (χ0n) is 12.8. The molecular weight excluding hydrogens is 300 g/mol. The van der Waals surface area contributed by atoms with Crippen LogP contribution in [-0.4, -0.2) is 36.6 Å². The van der Waals surface area contributed by atoms with Crippen LogP contribution in [-0.2, 0) is 9.53 Å². The summed E-state index contributed by atoms with van der Waals surface area (Å²) < 4.78 is 5.59. The quantitative estimate of drug-likeness (QED) is 0.929. The smallest absolute Gasteiger partial charge is 0.223 e. The van der Waals surface area contributed by atoms with E-state index in [9.17, 15) is 4.79 Å². The predicted molar refractivity (Wildman–Crippen MR) is 88.9 cm³/mol. The van der Waals surface area contributed by atoms with Crippen molar-refractivity contribution in [3.05, 3.63) is 35.9 Å². The molecule has 1 aromatic carbocycles. The van der Waals surface area contributed by atoms with Gasteiger partial charge in [-0.25, -0.2) is 0 Å². The molecule has 0 spiro atoms. The first-order valence-corrected chi connectivity index (χ1v) is 7.93. The van der Waals surface area contributed by atoms with Gasteiger partial charge >= 0.3 is 0 Å². The summed E-state index contributed by atoms with van der Waals surface area (Å²) in [4.78, 5) is 14.7. The Bertz CT molecular complexity index is 483. The molecule has 0 aromatic heterocycles. The Morgan fingerprint density at radius 3 is 2.73 bits per heavy atom. The standard InChI is InChI=1S/C17H24N2O2.ClH/c18-15-8-4-7-14(15)11-17(20)19-9-10-21-12-16(19)13-5-2-1-3-6-13;/h1-3,5-6,14-16H,4,7-12,18H2;1H/t14-,15+,16?;/m0./s1. The first kappa shape index (κ1) is 17.3. The number of hydrogen-bond acceptors (Lipinski definition) is 3. The molecule has 1 saturated heterocycles. The van der Waals surface area contributed by atoms with E-state index in [2.05, 4.69) is 12.1 Å². The summed E-state index contributed by atoms with van der Waals surface area (Å²) in [5, 5.41) is 0. The maximum atomic E-state index is 12.7. The van der Waals surface area contributed by atoms with Crippen molar-refractivity contribution >= 4 is 18.3 Å². The van der Waals surface area contributed by atoms with Crippen molar-refractivity contribution in [2.24, 2.45) is 11.7 Å². The molecule has 5 heteroatoms. The largest absolute Gasteiger partial charge is 0.377 e. The molecule has 3 rings (SSSR count). The number of halogens is 1. The molecule has 4 nitrogen and oxygen atoms in total. The lowest BCUT2D eigenvalue weighted by atomic mass is 9.97. The number of nitrogens with two attached hydrogens (primary N) is 1. The summed E-state index contributed by atoms with van der Waals surface area (Å²) in [6.07, 6.45) is 3.89. The minimum Gasteiger partial charge on any atom is -0.377 e. The van der Waals surface area contributed by atoms with E-state index in [0.29, 0.717) is 32.1 Å². The van der Waals surface area contributed by atoms with Gasteiger partial charge in [-0.15, -0.1) is 12.4 Å². The van der Waals surface area contributed by atoms with Crippen LogP contribution in [0.4, 0.5) is 0 Å². The van der Waals surface area contributed by atoms with E-state index < -0.39 is 0 Å². The van der Waals surface area contributed by atoms with Crippen LogP contribution in [0.5, 0.6) is 0 Å². The van der Waals surface area contributed by atoms with Gasteiger partial charge in [-0.1, -0.05) is 36.8 Å². The molecule has 1 heterocycles. The lowest BCUT2D eigenvalue weighted by Crippen LogP contribution is -2.44. The molecule has 0 radical (unpaired) electrons. The zero-order valence-corrected chi connectivity index (χ0v) is 13.6. The highest BCUT2D eigenvalue weighted by Gasteiger charge is 2.32. The highest BCUT2D eigenvalue weighted by molar-refractivity contribution is 5.85. The molecule has 3 atom stereocenters. The lowest BCUT2D eigenvalue weighted by Gasteiger charge is -2.36. The fourth-order valence-corrected chi connectivity index (χ4v) is 3.51. The van der Waals surface area contributed by atoms with Crippen molar-refractivity contribution in [1.82, 2.24) is 4.90 Å². The van der Waals surface area contributed by atoms with Crippen LogP contribution in [0.25, 0.3) is 0 Å².